The van der Waals surface area contributed by atoms with E-state index in [0.29, 0.717) is 0 Å². The minimum atomic E-state index is -2.95. The van der Waals surface area contributed by atoms with Crippen molar-refractivity contribution in [2.24, 2.45) is 0 Å². The zero-order chi connectivity index (χ0) is 8.48. The summed E-state index contributed by atoms with van der Waals surface area (Å²) in [5.41, 5.74) is -0.373. The molecule has 0 aliphatic rings. The zero-order valence-electron chi connectivity index (χ0n) is 5.68. The predicted octanol–water partition coefficient (Wildman–Crippen LogP) is 2.24. The maximum Gasteiger partial charge on any atom is 0.288 e. The molecule has 0 bridgehead atoms. The minimum Gasteiger partial charge on any atom is -0.250 e. The van der Waals surface area contributed by atoms with Gasteiger partial charge in [0.25, 0.3) is 5.92 Å². The monoisotopic (exact) mass is 178 g/mol. The van der Waals surface area contributed by atoms with Crippen LogP contribution in [0.1, 0.15) is 12.6 Å². The van der Waals surface area contributed by atoms with E-state index in [1.165, 1.54) is 0 Å². The van der Waals surface area contributed by atoms with Crippen molar-refractivity contribution < 1.29 is 8.78 Å². The summed E-state index contributed by atoms with van der Waals surface area (Å²) in [6, 6.07) is 0. The first kappa shape index (κ1) is 8.33. The second-order valence-electron chi connectivity index (χ2n) is 2.11. The van der Waals surface area contributed by atoms with Crippen LogP contribution in [0.25, 0.3) is 0 Å². The van der Waals surface area contributed by atoms with E-state index in [4.69, 9.17) is 11.6 Å². The van der Waals surface area contributed by atoms with Gasteiger partial charge in [-0.05, 0) is 0 Å². The molecule has 0 N–H and O–H groups in total. The molecule has 0 aliphatic heterocycles. The smallest absolute Gasteiger partial charge is 0.250 e. The third-order valence-corrected chi connectivity index (χ3v) is 1.27. The van der Waals surface area contributed by atoms with Gasteiger partial charge in [-0.15, -0.1) is 0 Å². The van der Waals surface area contributed by atoms with Crippen LogP contribution in [0, 0.1) is 0 Å². The lowest BCUT2D eigenvalue weighted by Crippen LogP contribution is -2.09. The third kappa shape index (κ3) is 2.08. The maximum atomic E-state index is 12.4. The van der Waals surface area contributed by atoms with Crippen LogP contribution < -0.4 is 0 Å². The Morgan fingerprint density at radius 1 is 1.36 bits per heavy atom. The molecule has 1 aromatic heterocycles. The highest BCUT2D eigenvalue weighted by Gasteiger charge is 2.26. The molecule has 0 saturated heterocycles. The van der Waals surface area contributed by atoms with E-state index in [2.05, 4.69) is 9.97 Å². The zero-order valence-corrected chi connectivity index (χ0v) is 6.44. The van der Waals surface area contributed by atoms with Crippen molar-refractivity contribution in [2.45, 2.75) is 12.8 Å². The molecule has 2 nitrogen and oxygen atoms in total. The summed E-state index contributed by atoms with van der Waals surface area (Å²) < 4.78 is 24.9. The van der Waals surface area contributed by atoms with Gasteiger partial charge in [-0.1, -0.05) is 11.6 Å². The summed E-state index contributed by atoms with van der Waals surface area (Å²) >= 11 is 5.34. The molecule has 0 amide bonds. The first-order valence-corrected chi connectivity index (χ1v) is 3.24. The predicted molar refractivity (Wildman–Crippen MR) is 36.6 cm³/mol. The van der Waals surface area contributed by atoms with Crippen molar-refractivity contribution >= 4 is 11.6 Å². The second kappa shape index (κ2) is 2.70. The van der Waals surface area contributed by atoms with Crippen LogP contribution in [0.15, 0.2) is 12.4 Å². The Morgan fingerprint density at radius 3 is 2.36 bits per heavy atom. The molecule has 1 aromatic rings. The Kier molecular flexibility index (Phi) is 2.04. The Bertz CT molecular complexity index is 242. The lowest BCUT2D eigenvalue weighted by atomic mass is 10.3. The van der Waals surface area contributed by atoms with Crippen LogP contribution >= 0.6 is 11.6 Å². The van der Waals surface area contributed by atoms with Gasteiger partial charge >= 0.3 is 0 Å². The van der Waals surface area contributed by atoms with Crippen molar-refractivity contribution in [3.05, 3.63) is 23.2 Å². The van der Waals surface area contributed by atoms with E-state index in [1.54, 1.807) is 0 Å². The first-order chi connectivity index (χ1) is 5.00. The molecular formula is C6H5ClF2N2. The number of hydrogen-bond donors (Lipinski definition) is 0. The second-order valence-corrected chi connectivity index (χ2v) is 2.50. The van der Waals surface area contributed by atoms with Gasteiger partial charge in [0, 0.05) is 6.92 Å². The van der Waals surface area contributed by atoms with E-state index in [0.717, 1.165) is 19.3 Å². The van der Waals surface area contributed by atoms with E-state index in [-0.39, 0.29) is 10.8 Å². The normalized spacial score (nSPS) is 11.6. The highest BCUT2D eigenvalue weighted by molar-refractivity contribution is 6.29. The molecular weight excluding hydrogens is 174 g/mol. The van der Waals surface area contributed by atoms with Crippen LogP contribution in [0.2, 0.25) is 5.15 Å². The summed E-state index contributed by atoms with van der Waals surface area (Å²) in [5.74, 6) is -2.95. The highest BCUT2D eigenvalue weighted by atomic mass is 35.5. The highest BCUT2D eigenvalue weighted by Crippen LogP contribution is 2.24. The molecule has 60 valence electrons. The van der Waals surface area contributed by atoms with Gasteiger partial charge in [0.2, 0.25) is 0 Å². The summed E-state index contributed by atoms with van der Waals surface area (Å²) in [6.45, 7) is 0.755. The molecule has 0 fully saturated rings. The molecule has 0 atom stereocenters. The molecule has 5 heteroatoms. The number of nitrogens with zero attached hydrogens (tertiary/aromatic N) is 2. The maximum absolute atomic E-state index is 12.4. The van der Waals surface area contributed by atoms with Crippen LogP contribution in [-0.2, 0) is 5.92 Å². The van der Waals surface area contributed by atoms with Gasteiger partial charge in [-0.25, -0.2) is 4.98 Å². The minimum absolute atomic E-state index is 0.109. The van der Waals surface area contributed by atoms with Gasteiger partial charge in [0.05, 0.1) is 12.4 Å². The largest absolute Gasteiger partial charge is 0.288 e. The summed E-state index contributed by atoms with van der Waals surface area (Å²) in [5, 5.41) is 0.109. The number of rotatable bonds is 1. The standard InChI is InChI=1S/C6H5ClF2N2/c1-6(8,9)4-2-11-5(7)3-10-4/h2-3H,1H3. The van der Waals surface area contributed by atoms with Crippen LogP contribution in [0.5, 0.6) is 0 Å². The molecule has 11 heavy (non-hydrogen) atoms. The molecule has 0 aromatic carbocycles. The van der Waals surface area contributed by atoms with Crippen molar-refractivity contribution in [1.29, 1.82) is 0 Å². The Hall–Kier alpha value is -0.770. The number of hydrogen-bond acceptors (Lipinski definition) is 2. The fourth-order valence-electron chi connectivity index (χ4n) is 0.539. The van der Waals surface area contributed by atoms with Crippen molar-refractivity contribution in [2.75, 3.05) is 0 Å². The molecule has 0 aliphatic carbocycles. The average molecular weight is 179 g/mol. The van der Waals surface area contributed by atoms with Gasteiger partial charge in [0.15, 0.2) is 0 Å². The van der Waals surface area contributed by atoms with E-state index >= 15 is 0 Å². The van der Waals surface area contributed by atoms with Crippen molar-refractivity contribution in [3.8, 4) is 0 Å². The molecule has 0 unspecified atom stereocenters. The van der Waals surface area contributed by atoms with Crippen LogP contribution in [0.3, 0.4) is 0 Å². The third-order valence-electron chi connectivity index (χ3n) is 1.07. The lowest BCUT2D eigenvalue weighted by molar-refractivity contribution is 0.0124. The molecule has 1 rings (SSSR count). The Morgan fingerprint density at radius 2 is 2.00 bits per heavy atom. The van der Waals surface area contributed by atoms with Gasteiger partial charge in [-0.3, -0.25) is 4.98 Å². The number of aromatic nitrogens is 2. The summed E-state index contributed by atoms with van der Waals surface area (Å²) in [6.07, 6.45) is 2.05. The van der Waals surface area contributed by atoms with Gasteiger partial charge in [-0.2, -0.15) is 8.78 Å². The SMILES string of the molecule is CC(F)(F)c1cnc(Cl)cn1. The fourth-order valence-corrected chi connectivity index (χ4v) is 0.637. The van der Waals surface area contributed by atoms with Gasteiger partial charge in [0.1, 0.15) is 10.8 Å². The van der Waals surface area contributed by atoms with Gasteiger partial charge < -0.3 is 0 Å². The van der Waals surface area contributed by atoms with E-state index in [9.17, 15) is 8.78 Å². The molecule has 0 saturated carbocycles. The molecule has 0 radical (unpaired) electrons. The summed E-state index contributed by atoms with van der Waals surface area (Å²) in [7, 11) is 0. The fraction of sp³-hybridized carbons (Fsp3) is 0.333. The van der Waals surface area contributed by atoms with E-state index < -0.39 is 5.92 Å². The first-order valence-electron chi connectivity index (χ1n) is 2.86. The summed E-state index contributed by atoms with van der Waals surface area (Å²) in [4.78, 5) is 6.87. The van der Waals surface area contributed by atoms with E-state index in [1.807, 2.05) is 0 Å². The lowest BCUT2D eigenvalue weighted by Gasteiger charge is -2.07. The van der Waals surface area contributed by atoms with Crippen LogP contribution in [-0.4, -0.2) is 9.97 Å². The topological polar surface area (TPSA) is 25.8 Å². The van der Waals surface area contributed by atoms with Crippen molar-refractivity contribution in [3.63, 3.8) is 0 Å². The quantitative estimate of drug-likeness (QED) is 0.659. The van der Waals surface area contributed by atoms with Crippen molar-refractivity contribution in [1.82, 2.24) is 9.97 Å². The average Bonchev–Trinajstić information content (AvgIpc) is 1.86. The molecule has 0 spiro atoms. The Balaban J connectivity index is 2.99. The Labute approximate surface area is 67.2 Å². The number of halogens is 3. The van der Waals surface area contributed by atoms with Crippen LogP contribution in [0.4, 0.5) is 8.78 Å². The molecule has 1 heterocycles. The number of alkyl halides is 2.